The molecule has 2 rings (SSSR count). The van der Waals surface area contributed by atoms with Crippen molar-refractivity contribution in [2.45, 2.75) is 25.8 Å². The van der Waals surface area contributed by atoms with Crippen LogP contribution in [0.4, 0.5) is 0 Å². The predicted molar refractivity (Wildman–Crippen MR) is 80.9 cm³/mol. The van der Waals surface area contributed by atoms with Gasteiger partial charge >= 0.3 is 0 Å². The highest BCUT2D eigenvalue weighted by molar-refractivity contribution is 7.12. The Labute approximate surface area is 122 Å². The molecular formula is C16H17NO2S. The first-order valence-electron chi connectivity index (χ1n) is 6.58. The van der Waals surface area contributed by atoms with Crippen LogP contribution in [-0.4, -0.2) is 11.7 Å². The lowest BCUT2D eigenvalue weighted by Gasteiger charge is -2.13. The van der Waals surface area contributed by atoms with Crippen molar-refractivity contribution in [1.29, 1.82) is 0 Å². The summed E-state index contributed by atoms with van der Waals surface area (Å²) in [5, 5.41) is 4.77. The molecule has 0 aliphatic rings. The molecular weight excluding hydrogens is 270 g/mol. The molecule has 0 radical (unpaired) electrons. The number of hydrogen-bond acceptors (Lipinski definition) is 3. The quantitative estimate of drug-likeness (QED) is 0.825. The van der Waals surface area contributed by atoms with E-state index in [1.54, 1.807) is 6.07 Å². The number of rotatable bonds is 6. The molecule has 104 valence electrons. The maximum atomic E-state index is 11.8. The lowest BCUT2D eigenvalue weighted by Crippen LogP contribution is -2.26. The van der Waals surface area contributed by atoms with Crippen LogP contribution in [0.3, 0.4) is 0 Å². The fourth-order valence-electron chi connectivity index (χ4n) is 1.93. The van der Waals surface area contributed by atoms with E-state index >= 15 is 0 Å². The van der Waals surface area contributed by atoms with Gasteiger partial charge in [0, 0.05) is 12.8 Å². The molecule has 2 aromatic rings. The largest absolute Gasteiger partial charge is 0.350 e. The lowest BCUT2D eigenvalue weighted by atomic mass is 10.1. The standard InChI is InChI=1S/C16H17NO2S/c1-12(13-6-3-2-4-7-13)17-16(19)10-9-14(18)15-8-5-11-20-15/h2-8,11-12H,9-10H2,1H3,(H,17,19)/t12-/m1/s1. The summed E-state index contributed by atoms with van der Waals surface area (Å²) in [6.07, 6.45) is 0.488. The van der Waals surface area contributed by atoms with Crippen LogP contribution < -0.4 is 5.32 Å². The predicted octanol–water partition coefficient (Wildman–Crippen LogP) is 3.59. The zero-order chi connectivity index (χ0) is 14.4. The summed E-state index contributed by atoms with van der Waals surface area (Å²) in [4.78, 5) is 24.4. The highest BCUT2D eigenvalue weighted by atomic mass is 32.1. The van der Waals surface area contributed by atoms with Crippen LogP contribution in [0.25, 0.3) is 0 Å². The minimum absolute atomic E-state index is 0.0301. The average molecular weight is 287 g/mol. The number of ketones is 1. The Morgan fingerprint density at radius 3 is 2.50 bits per heavy atom. The van der Waals surface area contributed by atoms with Crippen LogP contribution in [0, 0.1) is 0 Å². The summed E-state index contributed by atoms with van der Waals surface area (Å²) in [6, 6.07) is 13.4. The monoisotopic (exact) mass is 287 g/mol. The van der Waals surface area contributed by atoms with Crippen molar-refractivity contribution in [3.05, 3.63) is 58.3 Å². The van der Waals surface area contributed by atoms with Gasteiger partial charge < -0.3 is 5.32 Å². The Balaban J connectivity index is 1.80. The third kappa shape index (κ3) is 4.03. The summed E-state index contributed by atoms with van der Waals surface area (Å²) >= 11 is 1.41. The van der Waals surface area contributed by atoms with Gasteiger partial charge in [-0.2, -0.15) is 0 Å². The Morgan fingerprint density at radius 1 is 1.10 bits per heavy atom. The van der Waals surface area contributed by atoms with Crippen molar-refractivity contribution in [2.75, 3.05) is 0 Å². The van der Waals surface area contributed by atoms with E-state index in [4.69, 9.17) is 0 Å². The maximum absolute atomic E-state index is 11.8. The first kappa shape index (κ1) is 14.5. The van der Waals surface area contributed by atoms with Crippen LogP contribution in [0.15, 0.2) is 47.8 Å². The second kappa shape index (κ2) is 7.01. The number of amides is 1. The average Bonchev–Trinajstić information content (AvgIpc) is 3.00. The van der Waals surface area contributed by atoms with Gasteiger partial charge in [0.15, 0.2) is 5.78 Å². The van der Waals surface area contributed by atoms with Crippen molar-refractivity contribution >= 4 is 23.0 Å². The van der Waals surface area contributed by atoms with E-state index < -0.39 is 0 Å². The SMILES string of the molecule is C[C@@H](NC(=O)CCC(=O)c1cccs1)c1ccccc1. The summed E-state index contributed by atoms with van der Waals surface area (Å²) in [5.74, 6) is -0.0613. The molecule has 4 heteroatoms. The molecule has 1 aromatic carbocycles. The number of carbonyl (C=O) groups excluding carboxylic acids is 2. The van der Waals surface area contributed by atoms with Gasteiger partial charge in [0.2, 0.25) is 5.91 Å². The number of hydrogen-bond donors (Lipinski definition) is 1. The summed E-state index contributed by atoms with van der Waals surface area (Å²) in [5.41, 5.74) is 1.06. The molecule has 0 aliphatic carbocycles. The Morgan fingerprint density at radius 2 is 1.85 bits per heavy atom. The van der Waals surface area contributed by atoms with E-state index in [1.165, 1.54) is 11.3 Å². The van der Waals surface area contributed by atoms with Gasteiger partial charge in [0.1, 0.15) is 0 Å². The van der Waals surface area contributed by atoms with Crippen molar-refractivity contribution in [3.8, 4) is 0 Å². The van der Waals surface area contributed by atoms with E-state index in [0.717, 1.165) is 5.56 Å². The molecule has 0 bridgehead atoms. The van der Waals surface area contributed by atoms with Crippen molar-refractivity contribution in [2.24, 2.45) is 0 Å². The van der Waals surface area contributed by atoms with Crippen molar-refractivity contribution in [1.82, 2.24) is 5.32 Å². The Hall–Kier alpha value is -1.94. The molecule has 0 saturated heterocycles. The molecule has 20 heavy (non-hydrogen) atoms. The normalized spacial score (nSPS) is 11.8. The molecule has 0 aliphatic heterocycles. The van der Waals surface area contributed by atoms with Gasteiger partial charge in [0.05, 0.1) is 10.9 Å². The Bertz CT molecular complexity index is 563. The zero-order valence-electron chi connectivity index (χ0n) is 11.3. The van der Waals surface area contributed by atoms with Gasteiger partial charge in [-0.1, -0.05) is 36.4 Å². The van der Waals surface area contributed by atoms with E-state index in [2.05, 4.69) is 5.32 Å². The van der Waals surface area contributed by atoms with E-state index in [1.807, 2.05) is 48.7 Å². The topological polar surface area (TPSA) is 46.2 Å². The second-order valence-electron chi connectivity index (χ2n) is 4.60. The molecule has 0 unspecified atom stereocenters. The van der Waals surface area contributed by atoms with E-state index in [-0.39, 0.29) is 30.6 Å². The summed E-state index contributed by atoms with van der Waals surface area (Å²) in [6.45, 7) is 1.94. The number of Topliss-reactive ketones (excluding diaryl/α,β-unsaturated/α-hetero) is 1. The number of thiophene rings is 1. The van der Waals surface area contributed by atoms with Gasteiger partial charge in [-0.15, -0.1) is 11.3 Å². The van der Waals surface area contributed by atoms with Gasteiger partial charge in [0.25, 0.3) is 0 Å². The lowest BCUT2D eigenvalue weighted by molar-refractivity contribution is -0.121. The molecule has 1 N–H and O–H groups in total. The van der Waals surface area contributed by atoms with Crippen LogP contribution in [0.2, 0.25) is 0 Å². The van der Waals surface area contributed by atoms with Crippen LogP contribution in [0.5, 0.6) is 0 Å². The van der Waals surface area contributed by atoms with Crippen molar-refractivity contribution < 1.29 is 9.59 Å². The molecule has 1 amide bonds. The first-order valence-corrected chi connectivity index (χ1v) is 7.46. The fraction of sp³-hybridized carbons (Fsp3) is 0.250. The van der Waals surface area contributed by atoms with Gasteiger partial charge in [-0.3, -0.25) is 9.59 Å². The summed E-state index contributed by atoms with van der Waals surface area (Å²) in [7, 11) is 0. The highest BCUT2D eigenvalue weighted by Crippen LogP contribution is 2.14. The number of carbonyl (C=O) groups is 2. The smallest absolute Gasteiger partial charge is 0.220 e. The Kier molecular flexibility index (Phi) is 5.07. The van der Waals surface area contributed by atoms with Crippen LogP contribution in [0.1, 0.15) is 41.0 Å². The second-order valence-corrected chi connectivity index (χ2v) is 5.55. The fourth-order valence-corrected chi connectivity index (χ4v) is 2.62. The zero-order valence-corrected chi connectivity index (χ0v) is 12.2. The minimum Gasteiger partial charge on any atom is -0.350 e. The van der Waals surface area contributed by atoms with Gasteiger partial charge in [-0.05, 0) is 23.9 Å². The van der Waals surface area contributed by atoms with Crippen LogP contribution in [-0.2, 0) is 4.79 Å². The number of nitrogens with one attached hydrogen (secondary N) is 1. The molecule has 3 nitrogen and oxygen atoms in total. The third-order valence-electron chi connectivity index (χ3n) is 3.05. The van der Waals surface area contributed by atoms with Gasteiger partial charge in [-0.25, -0.2) is 0 Å². The molecule has 1 atom stereocenters. The minimum atomic E-state index is -0.0914. The van der Waals surface area contributed by atoms with Crippen molar-refractivity contribution in [3.63, 3.8) is 0 Å². The summed E-state index contributed by atoms with van der Waals surface area (Å²) < 4.78 is 0. The molecule has 1 heterocycles. The van der Waals surface area contributed by atoms with E-state index in [0.29, 0.717) is 4.88 Å². The molecule has 0 fully saturated rings. The molecule has 0 spiro atoms. The van der Waals surface area contributed by atoms with E-state index in [9.17, 15) is 9.59 Å². The highest BCUT2D eigenvalue weighted by Gasteiger charge is 2.12. The number of benzene rings is 1. The third-order valence-corrected chi connectivity index (χ3v) is 3.96. The maximum Gasteiger partial charge on any atom is 0.220 e. The van der Waals surface area contributed by atoms with Crippen LogP contribution >= 0.6 is 11.3 Å². The molecule has 1 aromatic heterocycles. The first-order chi connectivity index (χ1) is 9.66. The molecule has 0 saturated carbocycles.